The molecule has 12 heteroatoms. The van der Waals surface area contributed by atoms with E-state index in [2.05, 4.69) is 15.8 Å². The third-order valence-corrected chi connectivity index (χ3v) is 8.34. The van der Waals surface area contributed by atoms with E-state index in [1.807, 2.05) is 73.7 Å². The molecule has 0 saturated carbocycles. The number of carbonyl (C=O) groups is 1. The number of oxime groups is 1. The summed E-state index contributed by atoms with van der Waals surface area (Å²) in [4.78, 5) is 18.6. The van der Waals surface area contributed by atoms with Crippen molar-refractivity contribution in [3.05, 3.63) is 94.5 Å². The average Bonchev–Trinajstić information content (AvgIpc) is 3.63. The van der Waals surface area contributed by atoms with Crippen molar-refractivity contribution in [3.8, 4) is 40.2 Å². The molecule has 0 radical (unpaired) electrons. The van der Waals surface area contributed by atoms with Crippen LogP contribution in [0.15, 0.2) is 71.9 Å². The van der Waals surface area contributed by atoms with Crippen LogP contribution >= 0.6 is 0 Å². The lowest BCUT2D eigenvalue weighted by molar-refractivity contribution is 0.0854. The third kappa shape index (κ3) is 6.94. The lowest BCUT2D eigenvalue weighted by atomic mass is 9.99. The first kappa shape index (κ1) is 33.1. The summed E-state index contributed by atoms with van der Waals surface area (Å²) in [6.45, 7) is 2.43. The summed E-state index contributed by atoms with van der Waals surface area (Å²) in [6, 6.07) is 20.7. The Morgan fingerprint density at radius 2 is 1.35 bits per heavy atom. The summed E-state index contributed by atoms with van der Waals surface area (Å²) in [5, 5.41) is 10.7. The molecule has 4 aromatic rings. The van der Waals surface area contributed by atoms with E-state index in [0.717, 1.165) is 33.7 Å². The molecular weight excluding hydrogens is 630 g/mol. The molecule has 0 aliphatic carbocycles. The van der Waals surface area contributed by atoms with Gasteiger partial charge in [0.2, 0.25) is 5.75 Å². The fourth-order valence-electron chi connectivity index (χ4n) is 5.81. The van der Waals surface area contributed by atoms with Crippen LogP contribution in [-0.4, -0.2) is 60.4 Å². The van der Waals surface area contributed by atoms with Crippen molar-refractivity contribution in [2.75, 3.05) is 54.1 Å². The molecule has 2 N–H and O–H groups in total. The van der Waals surface area contributed by atoms with E-state index in [0.29, 0.717) is 52.2 Å². The maximum absolute atomic E-state index is 12.8. The highest BCUT2D eigenvalue weighted by molar-refractivity contribution is 6.03. The number of anilines is 1. The topological polar surface area (TPSA) is 127 Å². The van der Waals surface area contributed by atoms with Crippen LogP contribution in [0.4, 0.5) is 5.69 Å². The van der Waals surface area contributed by atoms with E-state index in [1.54, 1.807) is 35.5 Å². The van der Waals surface area contributed by atoms with Gasteiger partial charge in [-0.25, -0.2) is 0 Å². The van der Waals surface area contributed by atoms with Gasteiger partial charge in [0.25, 0.3) is 5.91 Å². The lowest BCUT2D eigenvalue weighted by Crippen LogP contribution is -2.38. The Bertz CT molecular complexity index is 1850. The van der Waals surface area contributed by atoms with Gasteiger partial charge in [-0.3, -0.25) is 4.79 Å². The van der Waals surface area contributed by atoms with Gasteiger partial charge in [0.05, 0.1) is 46.8 Å². The summed E-state index contributed by atoms with van der Waals surface area (Å²) < 4.78 is 39.8. The number of hydrogen-bond acceptors (Lipinski definition) is 11. The Balaban J connectivity index is 1.08. The number of rotatable bonds is 13. The normalized spacial score (nSPS) is 16.3. The Hall–Kier alpha value is -5.78. The van der Waals surface area contributed by atoms with Crippen LogP contribution in [0.1, 0.15) is 51.3 Å². The molecule has 2 aliphatic rings. The van der Waals surface area contributed by atoms with Crippen molar-refractivity contribution in [1.29, 1.82) is 0 Å². The van der Waals surface area contributed by atoms with Crippen LogP contribution in [0, 0.1) is 6.92 Å². The monoisotopic (exact) mass is 669 g/mol. The van der Waals surface area contributed by atoms with Crippen molar-refractivity contribution in [3.63, 3.8) is 0 Å². The predicted octanol–water partition coefficient (Wildman–Crippen LogP) is 6.22. The van der Waals surface area contributed by atoms with E-state index >= 15 is 0 Å². The SMILES string of the molecule is COc1cc(C2NC(=O)c3cc(C)ccc3N2)ccc1OCCOc1cc(C2CC(c3cc(OC)c(OC)c(OC)c3)=NO2)ccc1OC. The quantitative estimate of drug-likeness (QED) is 0.159. The number of methoxy groups -OCH3 is 5. The van der Waals surface area contributed by atoms with Crippen LogP contribution in [0.2, 0.25) is 0 Å². The van der Waals surface area contributed by atoms with Crippen molar-refractivity contribution < 1.29 is 42.8 Å². The number of aryl methyl sites for hydroxylation is 1. The van der Waals surface area contributed by atoms with E-state index in [1.165, 1.54) is 0 Å². The first-order chi connectivity index (χ1) is 23.8. The molecule has 0 aromatic heterocycles. The largest absolute Gasteiger partial charge is 0.493 e. The number of carbonyl (C=O) groups excluding carboxylic acids is 1. The van der Waals surface area contributed by atoms with E-state index in [-0.39, 0.29) is 25.2 Å². The number of hydrogen-bond donors (Lipinski definition) is 2. The summed E-state index contributed by atoms with van der Waals surface area (Å²) in [7, 11) is 7.88. The molecule has 2 heterocycles. The molecule has 1 amide bonds. The minimum Gasteiger partial charge on any atom is -0.493 e. The molecule has 49 heavy (non-hydrogen) atoms. The van der Waals surface area contributed by atoms with Crippen LogP contribution in [0.5, 0.6) is 40.2 Å². The third-order valence-electron chi connectivity index (χ3n) is 8.34. The van der Waals surface area contributed by atoms with Crippen molar-refractivity contribution in [1.82, 2.24) is 5.32 Å². The molecule has 256 valence electrons. The first-order valence-electron chi connectivity index (χ1n) is 15.7. The van der Waals surface area contributed by atoms with E-state index in [9.17, 15) is 4.79 Å². The van der Waals surface area contributed by atoms with Gasteiger partial charge in [-0.2, -0.15) is 0 Å². The summed E-state index contributed by atoms with van der Waals surface area (Å²) in [5.74, 6) is 3.65. The highest BCUT2D eigenvalue weighted by Crippen LogP contribution is 2.41. The van der Waals surface area contributed by atoms with Gasteiger partial charge < -0.3 is 48.6 Å². The van der Waals surface area contributed by atoms with Crippen molar-refractivity contribution in [2.45, 2.75) is 25.6 Å². The molecule has 0 fully saturated rings. The van der Waals surface area contributed by atoms with Crippen LogP contribution in [-0.2, 0) is 4.84 Å². The zero-order valence-corrected chi connectivity index (χ0v) is 28.2. The Morgan fingerprint density at radius 1 is 0.694 bits per heavy atom. The van der Waals surface area contributed by atoms with Crippen LogP contribution in [0.25, 0.3) is 0 Å². The summed E-state index contributed by atoms with van der Waals surface area (Å²) >= 11 is 0. The van der Waals surface area contributed by atoms with Gasteiger partial charge in [0, 0.05) is 17.7 Å². The maximum Gasteiger partial charge on any atom is 0.255 e. The summed E-state index contributed by atoms with van der Waals surface area (Å²) in [5.41, 5.74) is 5.68. The van der Waals surface area contributed by atoms with Gasteiger partial charge in [-0.15, -0.1) is 0 Å². The second kappa shape index (κ2) is 14.5. The number of nitrogens with zero attached hydrogens (tertiary/aromatic N) is 1. The molecule has 2 unspecified atom stereocenters. The molecular formula is C37H39N3O9. The second-order valence-electron chi connectivity index (χ2n) is 11.4. The minimum absolute atomic E-state index is 0.135. The Labute approximate surface area is 284 Å². The summed E-state index contributed by atoms with van der Waals surface area (Å²) in [6.07, 6.45) is -0.224. The maximum atomic E-state index is 12.8. The molecule has 4 aromatic carbocycles. The Morgan fingerprint density at radius 3 is 2.04 bits per heavy atom. The molecule has 0 bridgehead atoms. The van der Waals surface area contributed by atoms with E-state index in [4.69, 9.17) is 38.0 Å². The number of benzene rings is 4. The zero-order chi connectivity index (χ0) is 34.5. The van der Waals surface area contributed by atoms with Gasteiger partial charge in [0.1, 0.15) is 19.4 Å². The number of amides is 1. The fourth-order valence-corrected chi connectivity index (χ4v) is 5.81. The smallest absolute Gasteiger partial charge is 0.255 e. The molecule has 0 saturated heterocycles. The van der Waals surface area contributed by atoms with E-state index < -0.39 is 6.17 Å². The van der Waals surface area contributed by atoms with Gasteiger partial charge in [-0.1, -0.05) is 28.9 Å². The van der Waals surface area contributed by atoms with Crippen LogP contribution in [0.3, 0.4) is 0 Å². The second-order valence-corrected chi connectivity index (χ2v) is 11.4. The highest BCUT2D eigenvalue weighted by Gasteiger charge is 2.28. The number of fused-ring (bicyclic) bond motifs is 1. The fraction of sp³-hybridized carbons (Fsp3) is 0.297. The average molecular weight is 670 g/mol. The number of nitrogens with one attached hydrogen (secondary N) is 2. The first-order valence-corrected chi connectivity index (χ1v) is 15.7. The Kier molecular flexibility index (Phi) is 9.84. The number of ether oxygens (including phenoxy) is 7. The minimum atomic E-state index is -0.416. The molecule has 6 rings (SSSR count). The van der Waals surface area contributed by atoms with Crippen molar-refractivity contribution in [2.24, 2.45) is 5.16 Å². The molecule has 2 aliphatic heterocycles. The van der Waals surface area contributed by atoms with Gasteiger partial charge >= 0.3 is 0 Å². The molecule has 12 nitrogen and oxygen atoms in total. The molecule has 0 spiro atoms. The standard InChI is InChI=1S/C37H39N3O9/c1-21-7-10-26-25(15-21)37(41)39-36(38-26)23-9-12-29(31(17-23)43-3)47-13-14-48-32-16-22(8-11-28(32)42-2)30-20-27(40-49-30)24-18-33(44-4)35(46-6)34(19-24)45-5/h7-12,15-19,30,36,38H,13-14,20H2,1-6H3,(H,39,41). The lowest BCUT2D eigenvalue weighted by Gasteiger charge is -2.28. The van der Waals surface area contributed by atoms with Crippen LogP contribution < -0.4 is 43.8 Å². The zero-order valence-electron chi connectivity index (χ0n) is 28.2. The predicted molar refractivity (Wildman–Crippen MR) is 183 cm³/mol. The highest BCUT2D eigenvalue weighted by atomic mass is 16.6. The van der Waals surface area contributed by atoms with Crippen molar-refractivity contribution >= 4 is 17.3 Å². The van der Waals surface area contributed by atoms with Gasteiger partial charge in [0.15, 0.2) is 40.6 Å². The van der Waals surface area contributed by atoms with Gasteiger partial charge in [-0.05, 0) is 66.6 Å². The molecule has 2 atom stereocenters.